The van der Waals surface area contributed by atoms with Gasteiger partial charge in [0.25, 0.3) is 0 Å². The number of allylic oxidation sites excluding steroid dienone is 4. The van der Waals surface area contributed by atoms with Gasteiger partial charge >= 0.3 is 0 Å². The van der Waals surface area contributed by atoms with E-state index in [9.17, 15) is 4.79 Å². The van der Waals surface area contributed by atoms with Gasteiger partial charge < -0.3 is 4.74 Å². The lowest BCUT2D eigenvalue weighted by molar-refractivity contribution is -0.111. The molecule has 90 valence electrons. The van der Waals surface area contributed by atoms with Gasteiger partial charge in [0.1, 0.15) is 5.60 Å². The minimum absolute atomic E-state index is 0.0772. The van der Waals surface area contributed by atoms with Crippen molar-refractivity contribution in [3.63, 3.8) is 0 Å². The molecular formula is C15H18O2. The Morgan fingerprint density at radius 3 is 2.59 bits per heavy atom. The molecule has 0 aromatic heterocycles. The zero-order valence-corrected chi connectivity index (χ0v) is 9.97. The van der Waals surface area contributed by atoms with Gasteiger partial charge in [-0.2, -0.15) is 0 Å². The molecule has 2 bridgehead atoms. The van der Waals surface area contributed by atoms with E-state index >= 15 is 0 Å². The molecule has 1 spiro atoms. The van der Waals surface area contributed by atoms with Crippen molar-refractivity contribution < 1.29 is 9.53 Å². The minimum atomic E-state index is -0.288. The van der Waals surface area contributed by atoms with Crippen LogP contribution in [0.15, 0.2) is 36.5 Å². The quantitative estimate of drug-likeness (QED) is 0.598. The monoisotopic (exact) mass is 230 g/mol. The van der Waals surface area contributed by atoms with Crippen LogP contribution in [0.25, 0.3) is 0 Å². The van der Waals surface area contributed by atoms with E-state index in [0.717, 1.165) is 32.1 Å². The second-order valence-electron chi connectivity index (χ2n) is 5.22. The number of hydrogen-bond donors (Lipinski definition) is 0. The van der Waals surface area contributed by atoms with Crippen LogP contribution in [0, 0.1) is 5.92 Å². The van der Waals surface area contributed by atoms with Crippen LogP contribution >= 0.6 is 0 Å². The van der Waals surface area contributed by atoms with E-state index in [4.69, 9.17) is 4.74 Å². The number of rotatable bonds is 0. The second-order valence-corrected chi connectivity index (χ2v) is 5.22. The molecule has 3 aliphatic rings. The predicted molar refractivity (Wildman–Crippen MR) is 66.6 cm³/mol. The van der Waals surface area contributed by atoms with Crippen molar-refractivity contribution >= 4 is 5.78 Å². The van der Waals surface area contributed by atoms with Crippen LogP contribution in [-0.2, 0) is 9.53 Å². The van der Waals surface area contributed by atoms with Gasteiger partial charge in [-0.05, 0) is 62.3 Å². The van der Waals surface area contributed by atoms with Gasteiger partial charge in [0.2, 0.25) is 0 Å². The summed E-state index contributed by atoms with van der Waals surface area (Å²) in [6.45, 7) is 0. The molecule has 0 N–H and O–H groups in total. The first-order valence-electron chi connectivity index (χ1n) is 6.54. The molecule has 0 amide bonds. The van der Waals surface area contributed by atoms with E-state index in [1.165, 1.54) is 0 Å². The van der Waals surface area contributed by atoms with Crippen molar-refractivity contribution in [1.29, 1.82) is 0 Å². The van der Waals surface area contributed by atoms with E-state index in [0.29, 0.717) is 12.0 Å². The van der Waals surface area contributed by atoms with Crippen molar-refractivity contribution in [3.05, 3.63) is 36.5 Å². The van der Waals surface area contributed by atoms with Gasteiger partial charge in [-0.15, -0.1) is 0 Å². The lowest BCUT2D eigenvalue weighted by atomic mass is 9.81. The molecule has 1 aliphatic heterocycles. The number of ketones is 1. The van der Waals surface area contributed by atoms with Crippen molar-refractivity contribution in [3.8, 4) is 0 Å². The number of carbonyl (C=O) groups is 1. The minimum Gasteiger partial charge on any atom is -0.363 e. The maximum Gasteiger partial charge on any atom is 0.178 e. The molecule has 2 nitrogen and oxygen atoms in total. The molecule has 0 saturated carbocycles. The van der Waals surface area contributed by atoms with Crippen molar-refractivity contribution in [2.24, 2.45) is 5.92 Å². The SMILES string of the molecule is O=C1C=CC2(C=C1)O[C@@H]1CC/C=C\CC[C@@H]2C1. The van der Waals surface area contributed by atoms with Crippen LogP contribution < -0.4 is 0 Å². The van der Waals surface area contributed by atoms with Crippen molar-refractivity contribution in [2.45, 2.75) is 43.8 Å². The van der Waals surface area contributed by atoms with Gasteiger partial charge in [-0.1, -0.05) is 12.2 Å². The van der Waals surface area contributed by atoms with E-state index in [1.54, 1.807) is 12.2 Å². The molecular weight excluding hydrogens is 212 g/mol. The Hall–Kier alpha value is -1.15. The largest absolute Gasteiger partial charge is 0.363 e. The van der Waals surface area contributed by atoms with Crippen LogP contribution in [0.3, 0.4) is 0 Å². The maximum atomic E-state index is 11.2. The molecule has 2 atom stereocenters. The fraction of sp³-hybridized carbons (Fsp3) is 0.533. The van der Waals surface area contributed by atoms with E-state index in [1.807, 2.05) is 12.2 Å². The Labute approximate surface area is 102 Å². The summed E-state index contributed by atoms with van der Waals surface area (Å²) in [5, 5.41) is 0. The Kier molecular flexibility index (Phi) is 2.75. The van der Waals surface area contributed by atoms with Crippen LogP contribution in [0.2, 0.25) is 0 Å². The standard InChI is InChI=1S/C15H18O2/c16-13-7-9-15(10-8-13)12-5-3-1-2-4-6-14(11-12)17-15/h1-2,7-10,12,14H,3-6,11H2/b2-1-/t12-,14-/m1/s1. The molecule has 2 aliphatic carbocycles. The van der Waals surface area contributed by atoms with Crippen LogP contribution in [0.5, 0.6) is 0 Å². The fourth-order valence-electron chi connectivity index (χ4n) is 3.16. The Morgan fingerprint density at radius 2 is 1.82 bits per heavy atom. The summed E-state index contributed by atoms with van der Waals surface area (Å²) in [6, 6.07) is 0. The third-order valence-corrected chi connectivity index (χ3v) is 4.08. The predicted octanol–water partition coefficient (Wildman–Crippen LogP) is 2.96. The highest BCUT2D eigenvalue weighted by Crippen LogP contribution is 2.44. The summed E-state index contributed by atoms with van der Waals surface area (Å²) in [7, 11) is 0. The topological polar surface area (TPSA) is 26.3 Å². The average Bonchev–Trinajstić information content (AvgIpc) is 2.72. The first-order chi connectivity index (χ1) is 8.28. The summed E-state index contributed by atoms with van der Waals surface area (Å²) in [5.41, 5.74) is -0.288. The first kappa shape index (κ1) is 11.0. The number of fused-ring (bicyclic) bond motifs is 3. The average molecular weight is 230 g/mol. The normalized spacial score (nSPS) is 36.6. The maximum absolute atomic E-state index is 11.2. The van der Waals surface area contributed by atoms with E-state index in [-0.39, 0.29) is 11.4 Å². The highest BCUT2D eigenvalue weighted by Gasteiger charge is 2.45. The summed E-state index contributed by atoms with van der Waals surface area (Å²) >= 11 is 0. The van der Waals surface area contributed by atoms with Gasteiger partial charge in [0.15, 0.2) is 5.78 Å². The van der Waals surface area contributed by atoms with Crippen LogP contribution in [-0.4, -0.2) is 17.5 Å². The zero-order valence-electron chi connectivity index (χ0n) is 9.97. The third-order valence-electron chi connectivity index (χ3n) is 4.08. The molecule has 0 aromatic carbocycles. The molecule has 0 unspecified atom stereocenters. The van der Waals surface area contributed by atoms with E-state index < -0.39 is 0 Å². The Bertz CT molecular complexity index is 387. The molecule has 3 rings (SSSR count). The molecule has 1 fully saturated rings. The molecule has 0 radical (unpaired) electrons. The smallest absolute Gasteiger partial charge is 0.178 e. The molecule has 17 heavy (non-hydrogen) atoms. The lowest BCUT2D eigenvalue weighted by Crippen LogP contribution is -2.33. The molecule has 1 saturated heterocycles. The Balaban J connectivity index is 1.87. The summed E-state index contributed by atoms with van der Waals surface area (Å²) < 4.78 is 6.22. The second kappa shape index (κ2) is 4.26. The highest BCUT2D eigenvalue weighted by molar-refractivity contribution is 6.00. The highest BCUT2D eigenvalue weighted by atomic mass is 16.5. The van der Waals surface area contributed by atoms with Gasteiger partial charge in [0.05, 0.1) is 6.10 Å². The zero-order chi connectivity index (χ0) is 11.7. The molecule has 2 heteroatoms. The molecule has 0 aromatic rings. The first-order valence-corrected chi connectivity index (χ1v) is 6.54. The number of hydrogen-bond acceptors (Lipinski definition) is 2. The van der Waals surface area contributed by atoms with Crippen molar-refractivity contribution in [1.82, 2.24) is 0 Å². The van der Waals surface area contributed by atoms with Crippen molar-refractivity contribution in [2.75, 3.05) is 0 Å². The van der Waals surface area contributed by atoms with Gasteiger partial charge in [-0.3, -0.25) is 4.79 Å². The summed E-state index contributed by atoms with van der Waals surface area (Å²) in [6.07, 6.45) is 17.8. The molecule has 1 heterocycles. The number of ether oxygens (including phenoxy) is 1. The van der Waals surface area contributed by atoms with Gasteiger partial charge in [0, 0.05) is 0 Å². The van der Waals surface area contributed by atoms with Crippen LogP contribution in [0.4, 0.5) is 0 Å². The van der Waals surface area contributed by atoms with Gasteiger partial charge in [-0.25, -0.2) is 0 Å². The fourth-order valence-corrected chi connectivity index (χ4v) is 3.16. The lowest BCUT2D eigenvalue weighted by Gasteiger charge is -2.30. The summed E-state index contributed by atoms with van der Waals surface area (Å²) in [5.74, 6) is 0.601. The summed E-state index contributed by atoms with van der Waals surface area (Å²) in [4.78, 5) is 11.2. The third kappa shape index (κ3) is 2.02. The van der Waals surface area contributed by atoms with Crippen LogP contribution in [0.1, 0.15) is 32.1 Å². The number of carbonyl (C=O) groups excluding carboxylic acids is 1. The Morgan fingerprint density at radius 1 is 1.12 bits per heavy atom. The van der Waals surface area contributed by atoms with E-state index in [2.05, 4.69) is 12.2 Å².